The molecule has 1 saturated heterocycles. The summed E-state index contributed by atoms with van der Waals surface area (Å²) in [5.74, 6) is 1.07. The third-order valence-corrected chi connectivity index (χ3v) is 4.83. The molecule has 0 spiro atoms. The second-order valence-electron chi connectivity index (χ2n) is 5.36. The Labute approximate surface area is 127 Å². The van der Waals surface area contributed by atoms with Crippen molar-refractivity contribution in [1.82, 2.24) is 9.78 Å². The SMILES string of the molecule is CC(=O)SCC1CC(=O)N(c2cccc3c2cnn3C)C1. The molecule has 6 heteroatoms. The number of benzene rings is 1. The molecule has 1 aromatic heterocycles. The molecule has 110 valence electrons. The lowest BCUT2D eigenvalue weighted by atomic mass is 10.1. The quantitative estimate of drug-likeness (QED) is 0.872. The van der Waals surface area contributed by atoms with Crippen LogP contribution in [0.25, 0.3) is 10.9 Å². The Balaban J connectivity index is 1.86. The van der Waals surface area contributed by atoms with E-state index in [1.165, 1.54) is 11.8 Å². The van der Waals surface area contributed by atoms with Crippen molar-refractivity contribution >= 4 is 39.4 Å². The molecule has 5 nitrogen and oxygen atoms in total. The second-order valence-corrected chi connectivity index (χ2v) is 6.55. The van der Waals surface area contributed by atoms with E-state index in [9.17, 15) is 9.59 Å². The van der Waals surface area contributed by atoms with Gasteiger partial charge in [-0.15, -0.1) is 0 Å². The van der Waals surface area contributed by atoms with Crippen LogP contribution in [-0.4, -0.2) is 33.1 Å². The Bertz CT molecular complexity index is 710. The molecule has 2 aromatic rings. The largest absolute Gasteiger partial charge is 0.311 e. The summed E-state index contributed by atoms with van der Waals surface area (Å²) < 4.78 is 1.81. The average molecular weight is 303 g/mol. The summed E-state index contributed by atoms with van der Waals surface area (Å²) in [6, 6.07) is 5.90. The van der Waals surface area contributed by atoms with E-state index in [0.717, 1.165) is 16.6 Å². The summed E-state index contributed by atoms with van der Waals surface area (Å²) in [7, 11) is 1.89. The van der Waals surface area contributed by atoms with Crippen LogP contribution in [0.15, 0.2) is 24.4 Å². The zero-order valence-corrected chi connectivity index (χ0v) is 12.9. The predicted molar refractivity (Wildman–Crippen MR) is 84.3 cm³/mol. The Morgan fingerprint density at radius 3 is 3.05 bits per heavy atom. The van der Waals surface area contributed by atoms with Crippen molar-refractivity contribution in [3.8, 4) is 0 Å². The second kappa shape index (κ2) is 5.52. The normalized spacial score (nSPS) is 18.7. The van der Waals surface area contributed by atoms with Gasteiger partial charge in [-0.1, -0.05) is 17.8 Å². The minimum atomic E-state index is 0.107. The zero-order valence-electron chi connectivity index (χ0n) is 12.1. The average Bonchev–Trinajstić information content (AvgIpc) is 3.00. The lowest BCUT2D eigenvalue weighted by Crippen LogP contribution is -2.24. The third-order valence-electron chi connectivity index (χ3n) is 3.79. The van der Waals surface area contributed by atoms with Crippen molar-refractivity contribution in [3.05, 3.63) is 24.4 Å². The van der Waals surface area contributed by atoms with E-state index in [1.807, 2.05) is 34.8 Å². The van der Waals surface area contributed by atoms with Crippen LogP contribution in [0.3, 0.4) is 0 Å². The number of nitrogens with zero attached hydrogens (tertiary/aromatic N) is 3. The number of carbonyl (C=O) groups is 2. The van der Waals surface area contributed by atoms with E-state index in [0.29, 0.717) is 18.7 Å². The van der Waals surface area contributed by atoms with Crippen molar-refractivity contribution in [2.45, 2.75) is 13.3 Å². The molecule has 0 aliphatic carbocycles. The molecule has 1 aliphatic rings. The van der Waals surface area contributed by atoms with Crippen LogP contribution >= 0.6 is 11.8 Å². The lowest BCUT2D eigenvalue weighted by Gasteiger charge is -2.17. The van der Waals surface area contributed by atoms with E-state index in [4.69, 9.17) is 0 Å². The summed E-state index contributed by atoms with van der Waals surface area (Å²) in [6.07, 6.45) is 2.31. The van der Waals surface area contributed by atoms with Gasteiger partial charge in [-0.25, -0.2) is 0 Å². The number of amides is 1. The van der Waals surface area contributed by atoms with Crippen molar-refractivity contribution in [3.63, 3.8) is 0 Å². The van der Waals surface area contributed by atoms with E-state index in [2.05, 4.69) is 5.10 Å². The third kappa shape index (κ3) is 2.68. The van der Waals surface area contributed by atoms with Crippen LogP contribution in [0.2, 0.25) is 0 Å². The number of hydrogen-bond donors (Lipinski definition) is 0. The molecule has 0 radical (unpaired) electrons. The van der Waals surface area contributed by atoms with E-state index < -0.39 is 0 Å². The lowest BCUT2D eigenvalue weighted by molar-refractivity contribution is -0.117. The number of hydrogen-bond acceptors (Lipinski definition) is 4. The molecule has 1 amide bonds. The number of fused-ring (bicyclic) bond motifs is 1. The van der Waals surface area contributed by atoms with Gasteiger partial charge in [0.25, 0.3) is 0 Å². The summed E-state index contributed by atoms with van der Waals surface area (Å²) in [4.78, 5) is 25.2. The van der Waals surface area contributed by atoms with Crippen LogP contribution in [0.4, 0.5) is 5.69 Å². The molecule has 2 heterocycles. The Hall–Kier alpha value is -1.82. The molecule has 1 unspecified atom stereocenters. The van der Waals surface area contributed by atoms with Crippen LogP contribution in [0.5, 0.6) is 0 Å². The van der Waals surface area contributed by atoms with Crippen molar-refractivity contribution in [2.24, 2.45) is 13.0 Å². The van der Waals surface area contributed by atoms with Gasteiger partial charge in [0, 0.05) is 38.1 Å². The number of anilines is 1. The molecule has 1 aromatic carbocycles. The van der Waals surface area contributed by atoms with Gasteiger partial charge >= 0.3 is 0 Å². The summed E-state index contributed by atoms with van der Waals surface area (Å²) in [6.45, 7) is 2.24. The maximum absolute atomic E-state index is 12.3. The first kappa shape index (κ1) is 14.1. The fourth-order valence-electron chi connectivity index (χ4n) is 2.76. The number of aryl methyl sites for hydroxylation is 1. The van der Waals surface area contributed by atoms with Gasteiger partial charge < -0.3 is 4.90 Å². The molecule has 0 N–H and O–H groups in total. The van der Waals surface area contributed by atoms with Crippen molar-refractivity contribution in [2.75, 3.05) is 17.2 Å². The number of rotatable bonds is 3. The molecular formula is C15H17N3O2S. The maximum atomic E-state index is 12.3. The van der Waals surface area contributed by atoms with Crippen LogP contribution in [0.1, 0.15) is 13.3 Å². The summed E-state index contributed by atoms with van der Waals surface area (Å²) >= 11 is 1.30. The monoisotopic (exact) mass is 303 g/mol. The molecule has 1 fully saturated rings. The van der Waals surface area contributed by atoms with Gasteiger partial charge in [-0.2, -0.15) is 5.10 Å². The number of thioether (sulfide) groups is 1. The van der Waals surface area contributed by atoms with Gasteiger partial charge in [-0.3, -0.25) is 14.3 Å². The van der Waals surface area contributed by atoms with Gasteiger partial charge in [0.05, 0.1) is 17.4 Å². The Morgan fingerprint density at radius 1 is 1.48 bits per heavy atom. The topological polar surface area (TPSA) is 55.2 Å². The molecule has 0 bridgehead atoms. The first-order valence-electron chi connectivity index (χ1n) is 6.90. The maximum Gasteiger partial charge on any atom is 0.227 e. The highest BCUT2D eigenvalue weighted by molar-refractivity contribution is 8.13. The predicted octanol–water partition coefficient (Wildman–Crippen LogP) is 2.21. The first-order chi connectivity index (χ1) is 10.1. The van der Waals surface area contributed by atoms with Gasteiger partial charge in [0.2, 0.25) is 5.91 Å². The Kier molecular flexibility index (Phi) is 3.71. The van der Waals surface area contributed by atoms with E-state index >= 15 is 0 Å². The highest BCUT2D eigenvalue weighted by Crippen LogP contribution is 2.32. The van der Waals surface area contributed by atoms with Crippen LogP contribution in [-0.2, 0) is 16.6 Å². The minimum absolute atomic E-state index is 0.107. The van der Waals surface area contributed by atoms with Gasteiger partial charge in [-0.05, 0) is 18.1 Å². The highest BCUT2D eigenvalue weighted by atomic mass is 32.2. The smallest absolute Gasteiger partial charge is 0.227 e. The van der Waals surface area contributed by atoms with Gasteiger partial charge in [0.15, 0.2) is 5.12 Å². The highest BCUT2D eigenvalue weighted by Gasteiger charge is 2.31. The van der Waals surface area contributed by atoms with Crippen molar-refractivity contribution in [1.29, 1.82) is 0 Å². The fraction of sp³-hybridized carbons (Fsp3) is 0.400. The standard InChI is InChI=1S/C15H17N3O2S/c1-10(19)21-9-11-6-15(20)18(8-11)14-5-3-4-13-12(14)7-16-17(13)2/h3-5,7,11H,6,8-9H2,1-2H3. The molecule has 1 atom stereocenters. The number of aromatic nitrogens is 2. The van der Waals surface area contributed by atoms with Gasteiger partial charge in [0.1, 0.15) is 0 Å². The van der Waals surface area contributed by atoms with E-state index in [-0.39, 0.29) is 16.9 Å². The Morgan fingerprint density at radius 2 is 2.29 bits per heavy atom. The molecule has 3 rings (SSSR count). The van der Waals surface area contributed by atoms with E-state index in [1.54, 1.807) is 13.1 Å². The van der Waals surface area contributed by atoms with Crippen molar-refractivity contribution < 1.29 is 9.59 Å². The molecule has 21 heavy (non-hydrogen) atoms. The number of carbonyl (C=O) groups excluding carboxylic acids is 2. The van der Waals surface area contributed by atoms with Crippen LogP contribution < -0.4 is 4.90 Å². The van der Waals surface area contributed by atoms with Crippen LogP contribution in [0, 0.1) is 5.92 Å². The minimum Gasteiger partial charge on any atom is -0.311 e. The molecular weight excluding hydrogens is 286 g/mol. The molecule has 0 saturated carbocycles. The first-order valence-corrected chi connectivity index (χ1v) is 7.89. The summed E-state index contributed by atoms with van der Waals surface area (Å²) in [5.41, 5.74) is 1.93. The molecule has 1 aliphatic heterocycles. The zero-order chi connectivity index (χ0) is 15.0. The summed E-state index contributed by atoms with van der Waals surface area (Å²) in [5, 5.41) is 5.36. The fourth-order valence-corrected chi connectivity index (χ4v) is 3.45.